The largest absolute Gasteiger partial charge is 0.416 e. The molecule has 0 aliphatic heterocycles. The summed E-state index contributed by atoms with van der Waals surface area (Å²) in [6.45, 7) is 1.47. The van der Waals surface area contributed by atoms with E-state index in [4.69, 9.17) is 11.6 Å². The van der Waals surface area contributed by atoms with Gasteiger partial charge >= 0.3 is 6.18 Å². The Kier molecular flexibility index (Phi) is 3.86. The summed E-state index contributed by atoms with van der Waals surface area (Å²) in [5, 5.41) is 0.275. The molecule has 0 saturated carbocycles. The molecule has 2 rings (SSSR count). The van der Waals surface area contributed by atoms with Gasteiger partial charge in [-0.25, -0.2) is 0 Å². The van der Waals surface area contributed by atoms with Crippen LogP contribution < -0.4 is 0 Å². The number of halogens is 4. The van der Waals surface area contributed by atoms with Crippen molar-refractivity contribution < 1.29 is 18.0 Å². The second-order valence-corrected chi connectivity index (χ2v) is 4.74. The molecule has 0 aromatic heterocycles. The van der Waals surface area contributed by atoms with Crippen LogP contribution in [-0.4, -0.2) is 5.78 Å². The molecule has 0 amide bonds. The van der Waals surface area contributed by atoms with E-state index < -0.39 is 11.7 Å². The van der Waals surface area contributed by atoms with Gasteiger partial charge in [0.15, 0.2) is 5.78 Å². The fourth-order valence-electron chi connectivity index (χ4n) is 1.89. The lowest BCUT2D eigenvalue weighted by atomic mass is 9.97. The molecule has 5 heteroatoms. The van der Waals surface area contributed by atoms with Gasteiger partial charge in [0, 0.05) is 11.1 Å². The van der Waals surface area contributed by atoms with Gasteiger partial charge < -0.3 is 0 Å². The van der Waals surface area contributed by atoms with E-state index >= 15 is 0 Å². The van der Waals surface area contributed by atoms with E-state index in [-0.39, 0.29) is 27.5 Å². The van der Waals surface area contributed by atoms with E-state index in [1.54, 1.807) is 24.3 Å². The van der Waals surface area contributed by atoms with Crippen molar-refractivity contribution in [1.29, 1.82) is 0 Å². The Morgan fingerprint density at radius 3 is 2.25 bits per heavy atom. The summed E-state index contributed by atoms with van der Waals surface area (Å²) in [4.78, 5) is 12.3. The first-order valence-electron chi connectivity index (χ1n) is 5.78. The van der Waals surface area contributed by atoms with Gasteiger partial charge in [-0.1, -0.05) is 29.8 Å². The molecule has 1 nitrogen and oxygen atoms in total. The van der Waals surface area contributed by atoms with Crippen LogP contribution >= 0.6 is 11.6 Å². The summed E-state index contributed by atoms with van der Waals surface area (Å²) in [6.07, 6.45) is -4.42. The molecule has 0 radical (unpaired) electrons. The molecular weight excluding hydrogens is 289 g/mol. The lowest BCUT2D eigenvalue weighted by Gasteiger charge is -2.11. The maximum Gasteiger partial charge on any atom is 0.416 e. The Balaban J connectivity index is 2.45. The number of aryl methyl sites for hydroxylation is 1. The standard InChI is InChI=1S/C15H10ClF3O/c1-9-8-10(15(17,18)19)6-7-11(9)14(20)12-4-2-3-5-13(12)16/h2-8H,1H3. The average molecular weight is 299 g/mol. The minimum Gasteiger partial charge on any atom is -0.289 e. The van der Waals surface area contributed by atoms with Gasteiger partial charge in [-0.05, 0) is 36.8 Å². The van der Waals surface area contributed by atoms with E-state index in [9.17, 15) is 18.0 Å². The zero-order valence-corrected chi connectivity index (χ0v) is 11.2. The van der Waals surface area contributed by atoms with Crippen molar-refractivity contribution in [3.63, 3.8) is 0 Å². The number of hydrogen-bond donors (Lipinski definition) is 0. The Bertz CT molecular complexity index is 662. The first-order valence-corrected chi connectivity index (χ1v) is 6.15. The predicted molar refractivity (Wildman–Crippen MR) is 71.1 cm³/mol. The van der Waals surface area contributed by atoms with Crippen molar-refractivity contribution in [3.05, 3.63) is 69.7 Å². The fourth-order valence-corrected chi connectivity index (χ4v) is 2.11. The molecule has 0 bridgehead atoms. The molecule has 104 valence electrons. The van der Waals surface area contributed by atoms with E-state index in [0.29, 0.717) is 0 Å². The number of ketones is 1. The van der Waals surface area contributed by atoms with Crippen LogP contribution in [0.5, 0.6) is 0 Å². The highest BCUT2D eigenvalue weighted by Gasteiger charge is 2.31. The van der Waals surface area contributed by atoms with Crippen molar-refractivity contribution in [3.8, 4) is 0 Å². The topological polar surface area (TPSA) is 17.1 Å². The molecule has 0 heterocycles. The monoisotopic (exact) mass is 298 g/mol. The zero-order chi connectivity index (χ0) is 14.9. The van der Waals surface area contributed by atoms with Crippen LogP contribution in [0.3, 0.4) is 0 Å². The number of carbonyl (C=O) groups excluding carboxylic acids is 1. The summed E-state index contributed by atoms with van der Waals surface area (Å²) < 4.78 is 37.7. The van der Waals surface area contributed by atoms with Crippen molar-refractivity contribution in [2.75, 3.05) is 0 Å². The third-order valence-corrected chi connectivity index (χ3v) is 3.25. The van der Waals surface area contributed by atoms with Crippen molar-refractivity contribution in [2.24, 2.45) is 0 Å². The van der Waals surface area contributed by atoms with Crippen LogP contribution in [0, 0.1) is 6.92 Å². The third-order valence-electron chi connectivity index (χ3n) is 2.92. The van der Waals surface area contributed by atoms with Gasteiger partial charge in [0.2, 0.25) is 0 Å². The number of rotatable bonds is 2. The van der Waals surface area contributed by atoms with Crippen LogP contribution in [-0.2, 0) is 6.18 Å². The predicted octanol–water partition coefficient (Wildman–Crippen LogP) is 4.90. The Labute approximate surface area is 119 Å². The molecule has 20 heavy (non-hydrogen) atoms. The van der Waals surface area contributed by atoms with Crippen LogP contribution in [0.15, 0.2) is 42.5 Å². The Morgan fingerprint density at radius 2 is 1.70 bits per heavy atom. The average Bonchev–Trinajstić information content (AvgIpc) is 2.37. The summed E-state index contributed by atoms with van der Waals surface area (Å²) in [5.74, 6) is -0.387. The number of alkyl halides is 3. The molecule has 0 unspecified atom stereocenters. The maximum absolute atomic E-state index is 12.6. The molecule has 0 fully saturated rings. The second-order valence-electron chi connectivity index (χ2n) is 4.34. The summed E-state index contributed by atoms with van der Waals surface area (Å²) in [7, 11) is 0. The number of carbonyl (C=O) groups is 1. The number of benzene rings is 2. The zero-order valence-electron chi connectivity index (χ0n) is 10.5. The van der Waals surface area contributed by atoms with E-state index in [1.807, 2.05) is 0 Å². The van der Waals surface area contributed by atoms with Crippen LogP contribution in [0.4, 0.5) is 13.2 Å². The number of hydrogen-bond acceptors (Lipinski definition) is 1. The maximum atomic E-state index is 12.6. The highest BCUT2D eigenvalue weighted by Crippen LogP contribution is 2.31. The van der Waals surface area contributed by atoms with Gasteiger partial charge in [-0.2, -0.15) is 13.2 Å². The van der Waals surface area contributed by atoms with Crippen LogP contribution in [0.25, 0.3) is 0 Å². The molecular formula is C15H10ClF3O. The fraction of sp³-hybridized carbons (Fsp3) is 0.133. The normalized spacial score (nSPS) is 11.4. The Morgan fingerprint density at radius 1 is 1.05 bits per heavy atom. The van der Waals surface area contributed by atoms with Gasteiger partial charge in [0.05, 0.1) is 10.6 Å². The minimum atomic E-state index is -4.42. The lowest BCUT2D eigenvalue weighted by Crippen LogP contribution is -2.09. The van der Waals surface area contributed by atoms with Crippen LogP contribution in [0.1, 0.15) is 27.0 Å². The van der Waals surface area contributed by atoms with E-state index in [1.165, 1.54) is 13.0 Å². The molecule has 0 spiro atoms. The van der Waals surface area contributed by atoms with E-state index in [0.717, 1.165) is 12.1 Å². The summed E-state index contributed by atoms with van der Waals surface area (Å²) in [5.41, 5.74) is -0.0152. The van der Waals surface area contributed by atoms with Gasteiger partial charge in [0.1, 0.15) is 0 Å². The van der Waals surface area contributed by atoms with Crippen LogP contribution in [0.2, 0.25) is 5.02 Å². The van der Waals surface area contributed by atoms with Crippen molar-refractivity contribution >= 4 is 17.4 Å². The molecule has 0 aliphatic rings. The molecule has 0 aliphatic carbocycles. The minimum absolute atomic E-state index is 0.214. The Hall–Kier alpha value is -1.81. The van der Waals surface area contributed by atoms with Gasteiger partial charge in [-0.15, -0.1) is 0 Å². The smallest absolute Gasteiger partial charge is 0.289 e. The molecule has 2 aromatic rings. The van der Waals surface area contributed by atoms with Crippen molar-refractivity contribution in [1.82, 2.24) is 0 Å². The highest BCUT2D eigenvalue weighted by molar-refractivity contribution is 6.35. The van der Waals surface area contributed by atoms with E-state index in [2.05, 4.69) is 0 Å². The van der Waals surface area contributed by atoms with Crippen molar-refractivity contribution in [2.45, 2.75) is 13.1 Å². The first-order chi connectivity index (χ1) is 9.30. The van der Waals surface area contributed by atoms with Gasteiger partial charge in [0.25, 0.3) is 0 Å². The SMILES string of the molecule is Cc1cc(C(F)(F)F)ccc1C(=O)c1ccccc1Cl. The molecule has 2 aromatic carbocycles. The quantitative estimate of drug-likeness (QED) is 0.721. The first kappa shape index (κ1) is 14.6. The second kappa shape index (κ2) is 5.29. The highest BCUT2D eigenvalue weighted by atomic mass is 35.5. The lowest BCUT2D eigenvalue weighted by molar-refractivity contribution is -0.137. The third kappa shape index (κ3) is 2.85. The molecule has 0 N–H and O–H groups in total. The summed E-state index contributed by atoms with van der Waals surface area (Å²) in [6, 6.07) is 9.48. The van der Waals surface area contributed by atoms with Gasteiger partial charge in [-0.3, -0.25) is 4.79 Å². The summed E-state index contributed by atoms with van der Waals surface area (Å²) >= 11 is 5.92. The molecule has 0 atom stereocenters. The molecule has 0 saturated heterocycles.